The summed E-state index contributed by atoms with van der Waals surface area (Å²) in [5.74, 6) is 0.549. The number of hydrogen-bond donors (Lipinski definition) is 1. The Kier molecular flexibility index (Phi) is 4.27. The summed E-state index contributed by atoms with van der Waals surface area (Å²) in [6.45, 7) is 2.32. The van der Waals surface area contributed by atoms with Gasteiger partial charge in [0.15, 0.2) is 0 Å². The van der Waals surface area contributed by atoms with Gasteiger partial charge in [-0.05, 0) is 34.5 Å². The van der Waals surface area contributed by atoms with E-state index in [-0.39, 0.29) is 18.6 Å². The second-order valence-electron chi connectivity index (χ2n) is 5.53. The molecule has 0 unspecified atom stereocenters. The van der Waals surface area contributed by atoms with Crippen LogP contribution in [0.3, 0.4) is 0 Å². The number of methoxy groups -OCH3 is 1. The summed E-state index contributed by atoms with van der Waals surface area (Å²) in [6.07, 6.45) is -0.0281. The van der Waals surface area contributed by atoms with Gasteiger partial charge in [0, 0.05) is 13.1 Å². The lowest BCUT2D eigenvalue weighted by molar-refractivity contribution is -0.121. The van der Waals surface area contributed by atoms with Crippen LogP contribution in [0.1, 0.15) is 11.7 Å². The first-order chi connectivity index (χ1) is 10.7. The summed E-state index contributed by atoms with van der Waals surface area (Å²) < 4.78 is 11.1. The number of carbonyl (C=O) groups excluding carboxylic acids is 1. The van der Waals surface area contributed by atoms with Gasteiger partial charge in [0.25, 0.3) is 0 Å². The fourth-order valence-corrected chi connectivity index (χ4v) is 2.84. The lowest BCUT2D eigenvalue weighted by Crippen LogP contribution is -2.42. The van der Waals surface area contributed by atoms with E-state index in [1.807, 2.05) is 23.1 Å². The number of ether oxygens (including phenoxy) is 2. The van der Waals surface area contributed by atoms with Crippen molar-refractivity contribution in [1.29, 1.82) is 0 Å². The van der Waals surface area contributed by atoms with Crippen LogP contribution < -0.4 is 10.5 Å². The standard InChI is InChI=1S/C17H20N2O3/c1-21-15-5-4-12-8-14(3-2-13(12)9-15)16-10-19(6-7-22-16)11-17(18)20/h2-5,8-9,16H,6-7,10-11H2,1H3,(H2,18,20)/t16-/m0/s1. The highest BCUT2D eigenvalue weighted by Gasteiger charge is 2.23. The van der Waals surface area contributed by atoms with Crippen LogP contribution in [0.5, 0.6) is 5.75 Å². The van der Waals surface area contributed by atoms with Crippen LogP contribution in [0.15, 0.2) is 36.4 Å². The number of carbonyl (C=O) groups is 1. The molecule has 1 saturated heterocycles. The molecule has 1 heterocycles. The molecular weight excluding hydrogens is 280 g/mol. The molecule has 1 aliphatic rings. The molecule has 1 atom stereocenters. The van der Waals surface area contributed by atoms with Gasteiger partial charge < -0.3 is 15.2 Å². The van der Waals surface area contributed by atoms with E-state index in [2.05, 4.69) is 18.2 Å². The molecular formula is C17H20N2O3. The maximum Gasteiger partial charge on any atom is 0.231 e. The highest BCUT2D eigenvalue weighted by atomic mass is 16.5. The Morgan fingerprint density at radius 2 is 2.09 bits per heavy atom. The van der Waals surface area contributed by atoms with Gasteiger partial charge in [0.2, 0.25) is 5.91 Å². The zero-order valence-corrected chi connectivity index (χ0v) is 12.6. The van der Waals surface area contributed by atoms with E-state index < -0.39 is 0 Å². The summed E-state index contributed by atoms with van der Waals surface area (Å²) in [5, 5.41) is 2.28. The number of benzene rings is 2. The van der Waals surface area contributed by atoms with Gasteiger partial charge in [-0.15, -0.1) is 0 Å². The van der Waals surface area contributed by atoms with Crippen molar-refractivity contribution in [2.45, 2.75) is 6.10 Å². The highest BCUT2D eigenvalue weighted by molar-refractivity contribution is 5.84. The van der Waals surface area contributed by atoms with Crippen LogP contribution in [-0.2, 0) is 9.53 Å². The molecule has 5 nitrogen and oxygen atoms in total. The van der Waals surface area contributed by atoms with Crippen molar-refractivity contribution in [2.24, 2.45) is 5.73 Å². The zero-order valence-electron chi connectivity index (χ0n) is 12.6. The van der Waals surface area contributed by atoms with Gasteiger partial charge in [-0.3, -0.25) is 9.69 Å². The fourth-order valence-electron chi connectivity index (χ4n) is 2.84. The minimum Gasteiger partial charge on any atom is -0.497 e. The molecule has 5 heteroatoms. The van der Waals surface area contributed by atoms with Crippen LogP contribution >= 0.6 is 0 Å². The second kappa shape index (κ2) is 6.34. The lowest BCUT2D eigenvalue weighted by Gasteiger charge is -2.32. The fraction of sp³-hybridized carbons (Fsp3) is 0.353. The van der Waals surface area contributed by atoms with Crippen molar-refractivity contribution in [2.75, 3.05) is 33.4 Å². The van der Waals surface area contributed by atoms with Gasteiger partial charge in [0.1, 0.15) is 5.75 Å². The molecule has 0 bridgehead atoms. The molecule has 0 radical (unpaired) electrons. The van der Waals surface area contributed by atoms with E-state index in [0.29, 0.717) is 13.2 Å². The van der Waals surface area contributed by atoms with Gasteiger partial charge in [0.05, 0.1) is 26.4 Å². The number of rotatable bonds is 4. The molecule has 0 saturated carbocycles. The molecule has 1 fully saturated rings. The minimum absolute atomic E-state index is 0.0281. The van der Waals surface area contributed by atoms with E-state index in [4.69, 9.17) is 15.2 Å². The smallest absolute Gasteiger partial charge is 0.231 e. The third-order valence-electron chi connectivity index (χ3n) is 3.97. The summed E-state index contributed by atoms with van der Waals surface area (Å²) >= 11 is 0. The van der Waals surface area contributed by atoms with Crippen molar-refractivity contribution in [3.8, 4) is 5.75 Å². The largest absolute Gasteiger partial charge is 0.497 e. The molecule has 1 amide bonds. The van der Waals surface area contributed by atoms with Crippen LogP contribution in [0.4, 0.5) is 0 Å². The number of primary amides is 1. The summed E-state index contributed by atoms with van der Waals surface area (Å²) in [7, 11) is 1.67. The third-order valence-corrected chi connectivity index (χ3v) is 3.97. The minimum atomic E-state index is -0.300. The maximum absolute atomic E-state index is 11.1. The molecule has 0 spiro atoms. The van der Waals surface area contributed by atoms with E-state index in [1.54, 1.807) is 7.11 Å². The monoisotopic (exact) mass is 300 g/mol. The van der Waals surface area contributed by atoms with E-state index >= 15 is 0 Å². The Balaban J connectivity index is 1.81. The predicted molar refractivity (Wildman–Crippen MR) is 84.8 cm³/mol. The Morgan fingerprint density at radius 1 is 1.32 bits per heavy atom. The van der Waals surface area contributed by atoms with Crippen LogP contribution in [-0.4, -0.2) is 44.2 Å². The number of nitrogens with zero attached hydrogens (tertiary/aromatic N) is 1. The van der Waals surface area contributed by atoms with Crippen molar-refractivity contribution in [1.82, 2.24) is 4.90 Å². The van der Waals surface area contributed by atoms with Crippen molar-refractivity contribution >= 4 is 16.7 Å². The molecule has 2 N–H and O–H groups in total. The Labute approximate surface area is 129 Å². The average molecular weight is 300 g/mol. The molecule has 116 valence electrons. The molecule has 1 aliphatic heterocycles. The second-order valence-corrected chi connectivity index (χ2v) is 5.53. The molecule has 3 rings (SSSR count). The summed E-state index contributed by atoms with van der Waals surface area (Å²) in [6, 6.07) is 12.3. The molecule has 22 heavy (non-hydrogen) atoms. The molecule has 0 aliphatic carbocycles. The quantitative estimate of drug-likeness (QED) is 0.933. The summed E-state index contributed by atoms with van der Waals surface area (Å²) in [5.41, 5.74) is 6.39. The average Bonchev–Trinajstić information content (AvgIpc) is 2.53. The highest BCUT2D eigenvalue weighted by Crippen LogP contribution is 2.27. The van der Waals surface area contributed by atoms with Gasteiger partial charge in [-0.25, -0.2) is 0 Å². The lowest BCUT2D eigenvalue weighted by atomic mass is 10.0. The van der Waals surface area contributed by atoms with Crippen molar-refractivity contribution in [3.05, 3.63) is 42.0 Å². The zero-order chi connectivity index (χ0) is 15.5. The first-order valence-corrected chi connectivity index (χ1v) is 7.35. The Hall–Kier alpha value is -2.11. The first kappa shape index (κ1) is 14.8. The Morgan fingerprint density at radius 3 is 2.86 bits per heavy atom. The van der Waals surface area contributed by atoms with E-state index in [0.717, 1.165) is 28.6 Å². The van der Waals surface area contributed by atoms with Crippen LogP contribution in [0.25, 0.3) is 10.8 Å². The molecule has 0 aromatic heterocycles. The number of nitrogens with two attached hydrogens (primary N) is 1. The maximum atomic E-state index is 11.1. The number of amides is 1. The Bertz CT molecular complexity index is 687. The van der Waals surface area contributed by atoms with Crippen molar-refractivity contribution in [3.63, 3.8) is 0 Å². The normalized spacial score (nSPS) is 19.2. The first-order valence-electron chi connectivity index (χ1n) is 7.35. The molecule has 2 aromatic rings. The SMILES string of the molecule is COc1ccc2cc([C@@H]3CN(CC(N)=O)CCO3)ccc2c1. The third kappa shape index (κ3) is 3.21. The number of morpholine rings is 1. The van der Waals surface area contributed by atoms with E-state index in [9.17, 15) is 4.79 Å². The predicted octanol–water partition coefficient (Wildman–Crippen LogP) is 1.71. The van der Waals surface area contributed by atoms with Gasteiger partial charge in [-0.2, -0.15) is 0 Å². The summed E-state index contributed by atoms with van der Waals surface area (Å²) in [4.78, 5) is 13.1. The van der Waals surface area contributed by atoms with Crippen molar-refractivity contribution < 1.29 is 14.3 Å². The van der Waals surface area contributed by atoms with E-state index in [1.165, 1.54) is 0 Å². The number of hydrogen-bond acceptors (Lipinski definition) is 4. The topological polar surface area (TPSA) is 64.8 Å². The number of fused-ring (bicyclic) bond motifs is 1. The van der Waals surface area contributed by atoms with Gasteiger partial charge in [-0.1, -0.05) is 18.2 Å². The van der Waals surface area contributed by atoms with Gasteiger partial charge >= 0.3 is 0 Å². The van der Waals surface area contributed by atoms with Crippen LogP contribution in [0, 0.1) is 0 Å². The molecule has 2 aromatic carbocycles. The van der Waals surface area contributed by atoms with Crippen LogP contribution in [0.2, 0.25) is 0 Å².